The zero-order valence-electron chi connectivity index (χ0n) is 19.7. The molecule has 2 saturated heterocycles. The van der Waals surface area contributed by atoms with Gasteiger partial charge in [-0.05, 0) is 42.5 Å². The molecular formula is C25H26N4O5S2. The Morgan fingerprint density at radius 2 is 2.03 bits per heavy atom. The Labute approximate surface area is 213 Å². The van der Waals surface area contributed by atoms with Gasteiger partial charge < -0.3 is 10.2 Å². The molecule has 3 aromatic rings. The van der Waals surface area contributed by atoms with Crippen LogP contribution in [0.3, 0.4) is 0 Å². The Balaban J connectivity index is 1.34. The third-order valence-electron chi connectivity index (χ3n) is 6.73. The van der Waals surface area contributed by atoms with E-state index < -0.39 is 28.1 Å². The second kappa shape index (κ2) is 9.72. The minimum absolute atomic E-state index is 0.0164. The largest absolute Gasteiger partial charge is 0.340 e. The first kappa shape index (κ1) is 24.5. The number of benzene rings is 1. The van der Waals surface area contributed by atoms with Crippen LogP contribution in [-0.4, -0.2) is 71.4 Å². The first-order chi connectivity index (χ1) is 17.3. The van der Waals surface area contributed by atoms with Crippen LogP contribution in [0.5, 0.6) is 0 Å². The Morgan fingerprint density at radius 1 is 1.22 bits per heavy atom. The molecule has 188 valence electrons. The van der Waals surface area contributed by atoms with Crippen molar-refractivity contribution in [2.45, 2.75) is 49.2 Å². The number of hydrogen-bond donors (Lipinski definition) is 1. The van der Waals surface area contributed by atoms with Crippen LogP contribution in [0.25, 0.3) is 10.1 Å². The molecule has 0 aliphatic carbocycles. The molecule has 4 heterocycles. The van der Waals surface area contributed by atoms with Crippen molar-refractivity contribution >= 4 is 49.0 Å². The Kier molecular flexibility index (Phi) is 6.62. The SMILES string of the molecule is CCCC(NC(=O)c1cc2ccccc2s1)C(=O)N1CCC2C1C(=O)CN2S(=O)(=O)c1cccnc1. The van der Waals surface area contributed by atoms with Gasteiger partial charge >= 0.3 is 0 Å². The lowest BCUT2D eigenvalue weighted by atomic mass is 10.1. The number of Topliss-reactive ketones (excluding diaryl/α,β-unsaturated/α-hetero) is 1. The number of sulfonamides is 1. The molecule has 1 aromatic carbocycles. The average molecular weight is 527 g/mol. The number of aromatic nitrogens is 1. The highest BCUT2D eigenvalue weighted by molar-refractivity contribution is 7.89. The van der Waals surface area contributed by atoms with Crippen molar-refractivity contribution in [2.24, 2.45) is 0 Å². The molecule has 3 atom stereocenters. The van der Waals surface area contributed by atoms with Crippen LogP contribution in [0.4, 0.5) is 0 Å². The number of nitrogens with zero attached hydrogens (tertiary/aromatic N) is 3. The number of amides is 2. The van der Waals surface area contributed by atoms with Crippen LogP contribution >= 0.6 is 11.3 Å². The number of carbonyl (C=O) groups excluding carboxylic acids is 3. The molecule has 11 heteroatoms. The van der Waals surface area contributed by atoms with Crippen LogP contribution in [-0.2, 0) is 19.6 Å². The van der Waals surface area contributed by atoms with Gasteiger partial charge in [0.2, 0.25) is 15.9 Å². The molecule has 0 saturated carbocycles. The molecular weight excluding hydrogens is 500 g/mol. The van der Waals surface area contributed by atoms with Crippen molar-refractivity contribution in [3.63, 3.8) is 0 Å². The Hall–Kier alpha value is -3.15. The number of hydrogen-bond acceptors (Lipinski definition) is 7. The van der Waals surface area contributed by atoms with E-state index in [-0.39, 0.29) is 35.6 Å². The lowest BCUT2D eigenvalue weighted by Gasteiger charge is -2.28. The van der Waals surface area contributed by atoms with Crippen molar-refractivity contribution in [1.29, 1.82) is 0 Å². The van der Waals surface area contributed by atoms with Crippen LogP contribution in [0.1, 0.15) is 35.9 Å². The number of thiophene rings is 1. The Morgan fingerprint density at radius 3 is 2.75 bits per heavy atom. The van der Waals surface area contributed by atoms with Gasteiger partial charge in [0.15, 0.2) is 5.78 Å². The molecule has 2 aromatic heterocycles. The first-order valence-electron chi connectivity index (χ1n) is 11.9. The van der Waals surface area contributed by atoms with Crippen molar-refractivity contribution in [3.05, 3.63) is 59.7 Å². The number of pyridine rings is 1. The number of carbonyl (C=O) groups is 3. The summed E-state index contributed by atoms with van der Waals surface area (Å²) in [6.07, 6.45) is 4.15. The molecule has 0 spiro atoms. The van der Waals surface area contributed by atoms with Gasteiger partial charge in [0, 0.05) is 23.6 Å². The van der Waals surface area contributed by atoms with Gasteiger partial charge in [-0.15, -0.1) is 11.3 Å². The monoisotopic (exact) mass is 526 g/mol. The highest BCUT2D eigenvalue weighted by atomic mass is 32.2. The van der Waals surface area contributed by atoms with Gasteiger partial charge in [0.25, 0.3) is 5.91 Å². The van der Waals surface area contributed by atoms with Gasteiger partial charge in [-0.25, -0.2) is 8.42 Å². The van der Waals surface area contributed by atoms with Crippen LogP contribution in [0, 0.1) is 0 Å². The Bertz CT molecular complexity index is 1390. The van der Waals surface area contributed by atoms with Crippen molar-refractivity contribution in [2.75, 3.05) is 13.1 Å². The summed E-state index contributed by atoms with van der Waals surface area (Å²) in [4.78, 5) is 45.4. The maximum Gasteiger partial charge on any atom is 0.262 e. The summed E-state index contributed by atoms with van der Waals surface area (Å²) in [6.45, 7) is 1.88. The molecule has 3 unspecified atom stereocenters. The van der Waals surface area contributed by atoms with Crippen molar-refractivity contribution < 1.29 is 22.8 Å². The average Bonchev–Trinajstić information content (AvgIpc) is 3.59. The summed E-state index contributed by atoms with van der Waals surface area (Å²) in [6, 6.07) is 10.2. The highest BCUT2D eigenvalue weighted by Crippen LogP contribution is 2.34. The van der Waals surface area contributed by atoms with E-state index in [0.29, 0.717) is 24.1 Å². The molecule has 2 aliphatic rings. The fourth-order valence-electron chi connectivity index (χ4n) is 5.05. The predicted octanol–water partition coefficient (Wildman–Crippen LogP) is 2.44. The normalized spacial score (nSPS) is 21.0. The summed E-state index contributed by atoms with van der Waals surface area (Å²) in [7, 11) is -3.93. The summed E-state index contributed by atoms with van der Waals surface area (Å²) >= 11 is 1.36. The van der Waals surface area contributed by atoms with E-state index in [9.17, 15) is 22.8 Å². The van der Waals surface area contributed by atoms with Gasteiger partial charge in [0.1, 0.15) is 17.0 Å². The molecule has 9 nitrogen and oxygen atoms in total. The van der Waals surface area contributed by atoms with E-state index in [1.54, 1.807) is 6.07 Å². The lowest BCUT2D eigenvalue weighted by Crippen LogP contribution is -2.52. The summed E-state index contributed by atoms with van der Waals surface area (Å²) in [5.41, 5.74) is 0. The molecule has 2 aliphatic heterocycles. The van der Waals surface area contributed by atoms with Gasteiger partial charge in [-0.2, -0.15) is 4.31 Å². The molecule has 1 N–H and O–H groups in total. The first-order valence-corrected chi connectivity index (χ1v) is 14.1. The van der Waals surface area contributed by atoms with E-state index in [1.165, 1.54) is 45.1 Å². The fraction of sp³-hybridized carbons (Fsp3) is 0.360. The van der Waals surface area contributed by atoms with Crippen LogP contribution < -0.4 is 5.32 Å². The zero-order valence-corrected chi connectivity index (χ0v) is 21.3. The van der Waals surface area contributed by atoms with Crippen LogP contribution in [0.15, 0.2) is 59.8 Å². The molecule has 5 rings (SSSR count). The summed E-state index contributed by atoms with van der Waals surface area (Å²) in [5, 5.41) is 3.82. The summed E-state index contributed by atoms with van der Waals surface area (Å²) < 4.78 is 28.5. The highest BCUT2D eigenvalue weighted by Gasteiger charge is 2.54. The topological polar surface area (TPSA) is 117 Å². The standard InChI is InChI=1S/C25H26N4O5S2/c1-2-6-18(27-24(31)22-13-16-7-3-4-9-21(16)35-22)25(32)28-12-10-19-23(28)20(30)15-29(19)36(33,34)17-8-5-11-26-14-17/h3-5,7-9,11,13-14,18-19,23H,2,6,10,12,15H2,1H3,(H,27,31). The lowest BCUT2D eigenvalue weighted by molar-refractivity contribution is -0.138. The number of likely N-dealkylation sites (tertiary alicyclic amines) is 1. The third kappa shape index (κ3) is 4.31. The maximum absolute atomic E-state index is 13.6. The van der Waals surface area contributed by atoms with E-state index in [2.05, 4.69) is 10.3 Å². The predicted molar refractivity (Wildman–Crippen MR) is 135 cm³/mol. The quantitative estimate of drug-likeness (QED) is 0.506. The molecule has 36 heavy (non-hydrogen) atoms. The number of nitrogens with one attached hydrogen (secondary N) is 1. The number of fused-ring (bicyclic) bond motifs is 2. The number of rotatable bonds is 7. The molecule has 0 radical (unpaired) electrons. The second-order valence-corrected chi connectivity index (χ2v) is 12.0. The van der Waals surface area contributed by atoms with Gasteiger partial charge in [0.05, 0.1) is 17.5 Å². The van der Waals surface area contributed by atoms with Gasteiger partial charge in [-0.3, -0.25) is 19.4 Å². The molecule has 0 bridgehead atoms. The van der Waals surface area contributed by atoms with Gasteiger partial charge in [-0.1, -0.05) is 31.5 Å². The molecule has 2 fully saturated rings. The maximum atomic E-state index is 13.6. The fourth-order valence-corrected chi connectivity index (χ4v) is 7.60. The van der Waals surface area contributed by atoms with E-state index in [0.717, 1.165) is 10.1 Å². The zero-order chi connectivity index (χ0) is 25.4. The second-order valence-electron chi connectivity index (χ2n) is 9.00. The minimum Gasteiger partial charge on any atom is -0.340 e. The summed E-state index contributed by atoms with van der Waals surface area (Å²) in [5.74, 6) is -1.01. The smallest absolute Gasteiger partial charge is 0.262 e. The third-order valence-corrected chi connectivity index (χ3v) is 9.70. The van der Waals surface area contributed by atoms with Crippen molar-refractivity contribution in [3.8, 4) is 0 Å². The minimum atomic E-state index is -3.93. The van der Waals surface area contributed by atoms with E-state index in [1.807, 2.05) is 31.2 Å². The van der Waals surface area contributed by atoms with Crippen LogP contribution in [0.2, 0.25) is 0 Å². The molecule has 2 amide bonds. The number of ketones is 1. The van der Waals surface area contributed by atoms with E-state index in [4.69, 9.17) is 0 Å². The van der Waals surface area contributed by atoms with E-state index >= 15 is 0 Å². The van der Waals surface area contributed by atoms with Crippen molar-refractivity contribution in [1.82, 2.24) is 19.5 Å².